The van der Waals surface area contributed by atoms with Gasteiger partial charge >= 0.3 is 0 Å². The van der Waals surface area contributed by atoms with Crippen LogP contribution < -0.4 is 14.8 Å². The maximum atomic E-state index is 5.61. The molecule has 1 atom stereocenters. The van der Waals surface area contributed by atoms with E-state index in [1.807, 2.05) is 12.1 Å². The summed E-state index contributed by atoms with van der Waals surface area (Å²) in [7, 11) is 3.46. The van der Waals surface area contributed by atoms with Crippen molar-refractivity contribution in [1.29, 1.82) is 0 Å². The van der Waals surface area contributed by atoms with E-state index in [0.29, 0.717) is 12.1 Å². The Labute approximate surface area is 134 Å². The summed E-state index contributed by atoms with van der Waals surface area (Å²) >= 11 is 0. The smallest absolute Gasteiger partial charge is 0.123 e. The van der Waals surface area contributed by atoms with E-state index in [0.717, 1.165) is 31.1 Å². The zero-order valence-electron chi connectivity index (χ0n) is 14.4. The first-order valence-corrected chi connectivity index (χ1v) is 8.35. The zero-order chi connectivity index (χ0) is 15.9. The number of benzene rings is 1. The molecule has 0 radical (unpaired) electrons. The van der Waals surface area contributed by atoms with Gasteiger partial charge in [0, 0.05) is 18.2 Å². The van der Waals surface area contributed by atoms with E-state index in [2.05, 4.69) is 30.1 Å². The van der Waals surface area contributed by atoms with Gasteiger partial charge < -0.3 is 14.8 Å². The monoisotopic (exact) mass is 306 g/mol. The van der Waals surface area contributed by atoms with E-state index in [-0.39, 0.29) is 0 Å². The first kappa shape index (κ1) is 17.1. The molecule has 1 aliphatic rings. The molecule has 1 unspecified atom stereocenters. The first-order chi connectivity index (χ1) is 10.7. The summed E-state index contributed by atoms with van der Waals surface area (Å²) in [6.45, 7) is 7.63. The number of hydrogen-bond donors (Lipinski definition) is 1. The molecule has 1 saturated heterocycles. The van der Waals surface area contributed by atoms with Crippen LogP contribution in [0.4, 0.5) is 0 Å². The van der Waals surface area contributed by atoms with Gasteiger partial charge in [0.2, 0.25) is 0 Å². The summed E-state index contributed by atoms with van der Waals surface area (Å²) in [6.07, 6.45) is 3.91. The van der Waals surface area contributed by atoms with E-state index in [1.165, 1.54) is 24.8 Å². The summed E-state index contributed by atoms with van der Waals surface area (Å²) in [5.74, 6) is 1.84. The molecule has 0 aliphatic carbocycles. The Morgan fingerprint density at radius 1 is 1.09 bits per heavy atom. The number of likely N-dealkylation sites (tertiary alicyclic amines) is 1. The van der Waals surface area contributed by atoms with Gasteiger partial charge in [-0.05, 0) is 44.1 Å². The number of nitrogens with one attached hydrogen (secondary N) is 1. The third kappa shape index (κ3) is 4.37. The molecule has 0 spiro atoms. The first-order valence-electron chi connectivity index (χ1n) is 8.35. The summed E-state index contributed by atoms with van der Waals surface area (Å²) in [5.41, 5.74) is 1.22. The maximum Gasteiger partial charge on any atom is 0.123 e. The lowest BCUT2D eigenvalue weighted by Gasteiger charge is -2.36. The molecule has 0 aromatic heterocycles. The van der Waals surface area contributed by atoms with Crippen LogP contribution in [0.5, 0.6) is 11.5 Å². The molecule has 22 heavy (non-hydrogen) atoms. The lowest BCUT2D eigenvalue weighted by molar-refractivity contribution is 0.155. The Morgan fingerprint density at radius 2 is 1.82 bits per heavy atom. The third-order valence-corrected chi connectivity index (χ3v) is 4.35. The lowest BCUT2D eigenvalue weighted by Crippen LogP contribution is -2.40. The number of rotatable bonds is 7. The quantitative estimate of drug-likeness (QED) is 0.838. The highest BCUT2D eigenvalue weighted by molar-refractivity contribution is 5.42. The van der Waals surface area contributed by atoms with Crippen LogP contribution in [0.15, 0.2) is 18.2 Å². The van der Waals surface area contributed by atoms with Crippen LogP contribution in [0.2, 0.25) is 0 Å². The molecule has 0 bridgehead atoms. The topological polar surface area (TPSA) is 33.7 Å². The normalized spacial score (nSPS) is 17.5. The molecule has 1 aliphatic heterocycles. The minimum Gasteiger partial charge on any atom is -0.497 e. The fourth-order valence-electron chi connectivity index (χ4n) is 3.11. The maximum absolute atomic E-state index is 5.61. The second kappa shape index (κ2) is 8.39. The highest BCUT2D eigenvalue weighted by Crippen LogP contribution is 2.33. The molecule has 1 aromatic rings. The minimum atomic E-state index is 0.327. The predicted molar refractivity (Wildman–Crippen MR) is 90.8 cm³/mol. The fourth-order valence-corrected chi connectivity index (χ4v) is 3.11. The van der Waals surface area contributed by atoms with Crippen LogP contribution in [0.3, 0.4) is 0 Å². The van der Waals surface area contributed by atoms with Gasteiger partial charge in [-0.3, -0.25) is 4.90 Å². The number of ether oxygens (including phenoxy) is 2. The van der Waals surface area contributed by atoms with Crippen molar-refractivity contribution >= 4 is 0 Å². The summed E-state index contributed by atoms with van der Waals surface area (Å²) in [6, 6.07) is 6.91. The standard InChI is InChI=1S/C18H30N2O2/c1-14(2)19-13-17(20-10-6-5-7-11-20)16-12-15(21-3)8-9-18(16)22-4/h8-9,12,14,17,19H,5-7,10-11,13H2,1-4H3. The zero-order valence-corrected chi connectivity index (χ0v) is 14.4. The van der Waals surface area contributed by atoms with Crippen LogP contribution in [-0.4, -0.2) is 44.8 Å². The second-order valence-electron chi connectivity index (χ2n) is 6.28. The third-order valence-electron chi connectivity index (χ3n) is 4.35. The lowest BCUT2D eigenvalue weighted by atomic mass is 10.00. The van der Waals surface area contributed by atoms with Crippen molar-refractivity contribution in [3.8, 4) is 11.5 Å². The molecule has 2 rings (SSSR count). The van der Waals surface area contributed by atoms with E-state index in [9.17, 15) is 0 Å². The Balaban J connectivity index is 2.29. The molecule has 1 aromatic carbocycles. The number of hydrogen-bond acceptors (Lipinski definition) is 4. The second-order valence-corrected chi connectivity index (χ2v) is 6.28. The van der Waals surface area contributed by atoms with E-state index < -0.39 is 0 Å². The molecule has 4 nitrogen and oxygen atoms in total. The highest BCUT2D eigenvalue weighted by atomic mass is 16.5. The van der Waals surface area contributed by atoms with Gasteiger partial charge in [0.15, 0.2) is 0 Å². The van der Waals surface area contributed by atoms with Gasteiger partial charge in [0.1, 0.15) is 11.5 Å². The van der Waals surface area contributed by atoms with E-state index in [4.69, 9.17) is 9.47 Å². The summed E-state index contributed by atoms with van der Waals surface area (Å²) < 4.78 is 11.0. The predicted octanol–water partition coefficient (Wildman–Crippen LogP) is 3.23. The van der Waals surface area contributed by atoms with Crippen molar-refractivity contribution in [2.75, 3.05) is 33.9 Å². The average molecular weight is 306 g/mol. The van der Waals surface area contributed by atoms with Gasteiger partial charge in [0.25, 0.3) is 0 Å². The summed E-state index contributed by atoms with van der Waals surface area (Å²) in [4.78, 5) is 2.58. The van der Waals surface area contributed by atoms with E-state index >= 15 is 0 Å². The largest absolute Gasteiger partial charge is 0.497 e. The van der Waals surface area contributed by atoms with Crippen LogP contribution in [0, 0.1) is 0 Å². The van der Waals surface area contributed by atoms with Crippen LogP contribution >= 0.6 is 0 Å². The van der Waals surface area contributed by atoms with Gasteiger partial charge in [-0.25, -0.2) is 0 Å². The molecule has 4 heteroatoms. The summed E-state index contributed by atoms with van der Waals surface area (Å²) in [5, 5.41) is 3.59. The Bertz CT molecular complexity index is 456. The van der Waals surface area contributed by atoms with Crippen molar-refractivity contribution in [3.05, 3.63) is 23.8 Å². The van der Waals surface area contributed by atoms with Crippen molar-refractivity contribution in [3.63, 3.8) is 0 Å². The molecule has 0 saturated carbocycles. The molecule has 1 heterocycles. The Morgan fingerprint density at radius 3 is 2.41 bits per heavy atom. The Kier molecular flexibility index (Phi) is 6.52. The van der Waals surface area contributed by atoms with Crippen LogP contribution in [-0.2, 0) is 0 Å². The fraction of sp³-hybridized carbons (Fsp3) is 0.667. The molecule has 0 amide bonds. The van der Waals surface area contributed by atoms with Gasteiger partial charge in [0.05, 0.1) is 20.3 Å². The minimum absolute atomic E-state index is 0.327. The van der Waals surface area contributed by atoms with Gasteiger partial charge in [-0.15, -0.1) is 0 Å². The molecule has 124 valence electrons. The van der Waals surface area contributed by atoms with Gasteiger partial charge in [-0.1, -0.05) is 20.3 Å². The number of nitrogens with zero attached hydrogens (tertiary/aromatic N) is 1. The van der Waals surface area contributed by atoms with Crippen molar-refractivity contribution < 1.29 is 9.47 Å². The van der Waals surface area contributed by atoms with Gasteiger partial charge in [-0.2, -0.15) is 0 Å². The molecular formula is C18H30N2O2. The SMILES string of the molecule is COc1ccc(OC)c(C(CNC(C)C)N2CCCCC2)c1. The van der Waals surface area contributed by atoms with Crippen molar-refractivity contribution in [2.45, 2.75) is 45.2 Å². The van der Waals surface area contributed by atoms with Crippen LogP contribution in [0.25, 0.3) is 0 Å². The van der Waals surface area contributed by atoms with E-state index in [1.54, 1.807) is 14.2 Å². The number of methoxy groups -OCH3 is 2. The molecule has 1 N–H and O–H groups in total. The van der Waals surface area contributed by atoms with Crippen molar-refractivity contribution in [2.24, 2.45) is 0 Å². The highest BCUT2D eigenvalue weighted by Gasteiger charge is 2.25. The average Bonchev–Trinajstić information content (AvgIpc) is 2.55. The molecular weight excluding hydrogens is 276 g/mol. The molecule has 1 fully saturated rings. The van der Waals surface area contributed by atoms with Crippen molar-refractivity contribution in [1.82, 2.24) is 10.2 Å². The number of piperidine rings is 1. The van der Waals surface area contributed by atoms with Crippen LogP contribution in [0.1, 0.15) is 44.7 Å². The Hall–Kier alpha value is -1.26.